The van der Waals surface area contributed by atoms with Crippen LogP contribution >= 0.6 is 0 Å². The molecule has 0 aromatic heterocycles. The summed E-state index contributed by atoms with van der Waals surface area (Å²) in [6, 6.07) is 0. The van der Waals surface area contributed by atoms with E-state index in [0.29, 0.717) is 6.54 Å². The quantitative estimate of drug-likeness (QED) is 0.558. The Labute approximate surface area is 71.7 Å². The minimum Gasteiger partial charge on any atom is -0.465 e. The van der Waals surface area contributed by atoms with Crippen LogP contribution in [0.4, 0.5) is 4.79 Å². The van der Waals surface area contributed by atoms with E-state index < -0.39 is 6.09 Å². The molecule has 3 N–H and O–H groups in total. The Kier molecular flexibility index (Phi) is 3.31. The fourth-order valence-corrected chi connectivity index (χ4v) is 1.37. The largest absolute Gasteiger partial charge is 0.465 e. The van der Waals surface area contributed by atoms with Crippen LogP contribution < -0.4 is 10.9 Å². The van der Waals surface area contributed by atoms with Crippen LogP contribution in [-0.4, -0.2) is 35.4 Å². The molecule has 0 aromatic rings. The summed E-state index contributed by atoms with van der Waals surface area (Å²) in [6.45, 7) is 3.27. The van der Waals surface area contributed by atoms with Crippen molar-refractivity contribution in [1.29, 1.82) is 0 Å². The molecular formula is C7H15N3O2. The molecule has 5 heteroatoms. The van der Waals surface area contributed by atoms with Gasteiger partial charge in [0.15, 0.2) is 0 Å². The minimum atomic E-state index is -0.862. The van der Waals surface area contributed by atoms with E-state index in [-0.39, 0.29) is 6.17 Å². The lowest BCUT2D eigenvalue weighted by atomic mass is 10.2. The smallest absolute Gasteiger partial charge is 0.408 e. The van der Waals surface area contributed by atoms with Gasteiger partial charge in [0, 0.05) is 13.1 Å². The van der Waals surface area contributed by atoms with Gasteiger partial charge in [-0.2, -0.15) is 0 Å². The topological polar surface area (TPSA) is 64.6 Å². The lowest BCUT2D eigenvalue weighted by Gasteiger charge is -2.32. The first-order chi connectivity index (χ1) is 5.75. The Morgan fingerprint density at radius 3 is 2.92 bits per heavy atom. The first-order valence-corrected chi connectivity index (χ1v) is 4.23. The van der Waals surface area contributed by atoms with Gasteiger partial charge >= 0.3 is 6.09 Å². The van der Waals surface area contributed by atoms with Crippen LogP contribution in [-0.2, 0) is 0 Å². The zero-order valence-corrected chi connectivity index (χ0v) is 7.21. The zero-order valence-electron chi connectivity index (χ0n) is 7.21. The number of nitrogens with zero attached hydrogens (tertiary/aromatic N) is 1. The molecule has 0 radical (unpaired) electrons. The molecule has 5 nitrogen and oxygen atoms in total. The average Bonchev–Trinajstić information content (AvgIpc) is 2.07. The normalized spacial score (nSPS) is 23.6. The van der Waals surface area contributed by atoms with Gasteiger partial charge in [0.2, 0.25) is 0 Å². The molecule has 1 unspecified atom stereocenters. The number of hydrogen-bond acceptors (Lipinski definition) is 3. The summed E-state index contributed by atoms with van der Waals surface area (Å²) in [5.74, 6) is 0. The van der Waals surface area contributed by atoms with Crippen LogP contribution in [0.1, 0.15) is 19.8 Å². The van der Waals surface area contributed by atoms with Gasteiger partial charge in [-0.3, -0.25) is 10.3 Å². The van der Waals surface area contributed by atoms with Crippen LogP contribution in [0.5, 0.6) is 0 Å². The van der Waals surface area contributed by atoms with Crippen molar-refractivity contribution in [2.75, 3.05) is 13.1 Å². The maximum absolute atomic E-state index is 10.7. The fraction of sp³-hybridized carbons (Fsp3) is 0.857. The summed E-state index contributed by atoms with van der Waals surface area (Å²) in [5.41, 5.74) is 5.90. The van der Waals surface area contributed by atoms with Crippen molar-refractivity contribution in [3.05, 3.63) is 0 Å². The molecule has 1 saturated heterocycles. The van der Waals surface area contributed by atoms with Crippen molar-refractivity contribution >= 4 is 6.09 Å². The second-order valence-electron chi connectivity index (χ2n) is 2.80. The van der Waals surface area contributed by atoms with E-state index in [1.807, 2.05) is 6.92 Å². The minimum absolute atomic E-state index is 0.0683. The predicted molar refractivity (Wildman–Crippen MR) is 44.6 cm³/mol. The van der Waals surface area contributed by atoms with E-state index in [2.05, 4.69) is 10.9 Å². The highest BCUT2D eigenvalue weighted by molar-refractivity contribution is 5.65. The Hall–Kier alpha value is -0.810. The Balaban J connectivity index is 2.46. The summed E-state index contributed by atoms with van der Waals surface area (Å²) in [5, 5.41) is 8.78. The third-order valence-corrected chi connectivity index (χ3v) is 2.01. The number of hydrazine groups is 1. The first-order valence-electron chi connectivity index (χ1n) is 4.23. The predicted octanol–water partition coefficient (Wildman–Crippen LogP) is 0.200. The van der Waals surface area contributed by atoms with Crippen LogP contribution in [0.2, 0.25) is 0 Å². The maximum atomic E-state index is 10.7. The third-order valence-electron chi connectivity index (χ3n) is 2.01. The maximum Gasteiger partial charge on any atom is 0.408 e. The molecule has 0 aliphatic carbocycles. The molecule has 12 heavy (non-hydrogen) atoms. The van der Waals surface area contributed by atoms with Crippen molar-refractivity contribution in [3.8, 4) is 0 Å². The van der Waals surface area contributed by atoms with Crippen molar-refractivity contribution in [2.45, 2.75) is 25.9 Å². The molecule has 1 atom stereocenters. The van der Waals surface area contributed by atoms with Crippen molar-refractivity contribution in [3.63, 3.8) is 0 Å². The van der Waals surface area contributed by atoms with E-state index in [1.165, 1.54) is 4.90 Å². The first kappa shape index (κ1) is 9.28. The molecule has 1 amide bonds. The number of amides is 1. The summed E-state index contributed by atoms with van der Waals surface area (Å²) in [6.07, 6.45) is 0.967. The number of rotatable bonds is 2. The van der Waals surface area contributed by atoms with E-state index in [1.54, 1.807) is 0 Å². The Morgan fingerprint density at radius 2 is 2.50 bits per heavy atom. The van der Waals surface area contributed by atoms with Gasteiger partial charge < -0.3 is 5.11 Å². The highest BCUT2D eigenvalue weighted by atomic mass is 16.4. The molecule has 1 rings (SSSR count). The number of carbonyl (C=O) groups is 1. The van der Waals surface area contributed by atoms with Gasteiger partial charge in [0.05, 0.1) is 6.17 Å². The average molecular weight is 173 g/mol. The number of nitrogens with one attached hydrogen (secondary N) is 2. The second kappa shape index (κ2) is 4.27. The van der Waals surface area contributed by atoms with E-state index >= 15 is 0 Å². The number of carboxylic acid groups (broad SMARTS) is 1. The second-order valence-corrected chi connectivity index (χ2v) is 2.80. The van der Waals surface area contributed by atoms with Crippen molar-refractivity contribution < 1.29 is 9.90 Å². The monoisotopic (exact) mass is 173 g/mol. The fourth-order valence-electron chi connectivity index (χ4n) is 1.37. The SMILES string of the molecule is CCN(C(=O)O)C1CCCNN1. The van der Waals surface area contributed by atoms with Crippen LogP contribution in [0, 0.1) is 0 Å². The molecule has 0 bridgehead atoms. The number of hydrogen-bond donors (Lipinski definition) is 3. The molecule has 70 valence electrons. The van der Waals surface area contributed by atoms with Gasteiger partial charge in [-0.25, -0.2) is 10.2 Å². The standard InChI is InChI=1S/C7H15N3O2/c1-2-10(7(11)12)6-4-3-5-8-9-6/h6,8-9H,2-5H2,1H3,(H,11,12). The van der Waals surface area contributed by atoms with Crippen LogP contribution in [0.15, 0.2) is 0 Å². The molecular weight excluding hydrogens is 158 g/mol. The van der Waals surface area contributed by atoms with Crippen molar-refractivity contribution in [1.82, 2.24) is 15.8 Å². The lowest BCUT2D eigenvalue weighted by molar-refractivity contribution is 0.0978. The van der Waals surface area contributed by atoms with Gasteiger partial charge in [-0.05, 0) is 19.8 Å². The Morgan fingerprint density at radius 1 is 1.75 bits per heavy atom. The highest BCUT2D eigenvalue weighted by Gasteiger charge is 2.22. The van der Waals surface area contributed by atoms with Crippen LogP contribution in [0.25, 0.3) is 0 Å². The van der Waals surface area contributed by atoms with E-state index in [0.717, 1.165) is 19.4 Å². The summed E-state index contributed by atoms with van der Waals surface area (Å²) >= 11 is 0. The summed E-state index contributed by atoms with van der Waals surface area (Å²) in [4.78, 5) is 12.1. The van der Waals surface area contributed by atoms with Crippen LogP contribution in [0.3, 0.4) is 0 Å². The van der Waals surface area contributed by atoms with Gasteiger partial charge in [0.25, 0.3) is 0 Å². The van der Waals surface area contributed by atoms with E-state index in [4.69, 9.17) is 5.11 Å². The zero-order chi connectivity index (χ0) is 8.97. The van der Waals surface area contributed by atoms with Gasteiger partial charge in [-0.1, -0.05) is 0 Å². The molecule has 0 saturated carbocycles. The van der Waals surface area contributed by atoms with Gasteiger partial charge in [0.1, 0.15) is 0 Å². The van der Waals surface area contributed by atoms with E-state index in [9.17, 15) is 4.79 Å². The third kappa shape index (κ3) is 2.09. The van der Waals surface area contributed by atoms with Gasteiger partial charge in [-0.15, -0.1) is 0 Å². The molecule has 0 aromatic carbocycles. The molecule has 1 aliphatic rings. The highest BCUT2D eigenvalue weighted by Crippen LogP contribution is 2.06. The lowest BCUT2D eigenvalue weighted by Crippen LogP contribution is -2.56. The summed E-state index contributed by atoms with van der Waals surface area (Å²) in [7, 11) is 0. The Bertz CT molecular complexity index is 157. The summed E-state index contributed by atoms with van der Waals surface area (Å²) < 4.78 is 0. The molecule has 1 heterocycles. The van der Waals surface area contributed by atoms with Crippen molar-refractivity contribution in [2.24, 2.45) is 0 Å². The molecule has 0 spiro atoms. The molecule has 1 aliphatic heterocycles. The molecule has 1 fully saturated rings.